The highest BCUT2D eigenvalue weighted by atomic mass is 35.9. The lowest BCUT2D eigenvalue weighted by molar-refractivity contribution is 1.56. The van der Waals surface area contributed by atoms with Gasteiger partial charge in [0.1, 0.15) is 11.4 Å². The van der Waals surface area contributed by atoms with E-state index in [-0.39, 0.29) is 0 Å². The molecule has 0 unspecified atom stereocenters. The number of halogens is 2. The first-order valence-electron chi connectivity index (χ1n) is 3.24. The monoisotopic (exact) mass is 235 g/mol. The Hall–Kier alpha value is 0.120. The first-order chi connectivity index (χ1) is 5.77. The highest BCUT2D eigenvalue weighted by Crippen LogP contribution is 2.46. The Morgan fingerprint density at radius 2 is 2.00 bits per heavy atom. The van der Waals surface area contributed by atoms with Crippen molar-refractivity contribution < 1.29 is 0 Å². The Labute approximate surface area is 84.7 Å². The van der Waals surface area contributed by atoms with Gasteiger partial charge in [0.2, 0.25) is 0 Å². The Morgan fingerprint density at radius 3 is 2.67 bits per heavy atom. The maximum Gasteiger partial charge on any atom is 0.148 e. The summed E-state index contributed by atoms with van der Waals surface area (Å²) in [5.74, 6) is 0. The van der Waals surface area contributed by atoms with Crippen LogP contribution in [0.2, 0.25) is 0 Å². The Bertz CT molecular complexity index is 368. The maximum atomic E-state index is 5.75. The summed E-state index contributed by atoms with van der Waals surface area (Å²) in [5, 5.41) is 0. The van der Waals surface area contributed by atoms with Gasteiger partial charge in [-0.15, -0.1) is 11.3 Å². The molecule has 0 bridgehead atoms. The van der Waals surface area contributed by atoms with Gasteiger partial charge in [-0.3, -0.25) is 0 Å². The van der Waals surface area contributed by atoms with Crippen LogP contribution in [0.1, 0.15) is 0 Å². The molecule has 0 aliphatic rings. The van der Waals surface area contributed by atoms with E-state index in [9.17, 15) is 0 Å². The van der Waals surface area contributed by atoms with Crippen LogP contribution >= 0.6 is 40.4 Å². The van der Waals surface area contributed by atoms with Crippen LogP contribution in [-0.2, 0) is 0 Å². The van der Waals surface area contributed by atoms with Gasteiger partial charge in [0, 0.05) is 0 Å². The second-order valence-corrected chi connectivity index (χ2v) is 6.97. The van der Waals surface area contributed by atoms with E-state index >= 15 is 0 Å². The van der Waals surface area contributed by atoms with E-state index < -0.39 is 6.63 Å². The number of nitrogens with zero attached hydrogens (tertiary/aromatic N) is 1. The fourth-order valence-electron chi connectivity index (χ4n) is 0.932. The summed E-state index contributed by atoms with van der Waals surface area (Å²) in [6.45, 7) is -1.09. The standard InChI is InChI=1S/C7H4Cl2NPS/c8-11(9)7-10-5-3-1-2-4-6(5)12-7/h1-4H. The van der Waals surface area contributed by atoms with Gasteiger partial charge in [0.15, 0.2) is 0 Å². The third-order valence-corrected chi connectivity index (χ3v) is 5.04. The molecule has 0 aliphatic carbocycles. The molecule has 1 heterocycles. The van der Waals surface area contributed by atoms with E-state index in [1.807, 2.05) is 24.3 Å². The third kappa shape index (κ3) is 1.57. The molecule has 1 aromatic carbocycles. The number of benzene rings is 1. The molecule has 0 radical (unpaired) electrons. The van der Waals surface area contributed by atoms with Crippen molar-refractivity contribution in [3.63, 3.8) is 0 Å². The molecular weight excluding hydrogens is 232 g/mol. The summed E-state index contributed by atoms with van der Waals surface area (Å²) < 4.78 is 1.97. The van der Waals surface area contributed by atoms with Crippen LogP contribution in [0.25, 0.3) is 10.2 Å². The van der Waals surface area contributed by atoms with Gasteiger partial charge < -0.3 is 0 Å². The van der Waals surface area contributed by atoms with Gasteiger partial charge in [0.25, 0.3) is 0 Å². The van der Waals surface area contributed by atoms with Crippen molar-refractivity contribution in [1.29, 1.82) is 0 Å². The van der Waals surface area contributed by atoms with Crippen LogP contribution in [-0.4, -0.2) is 4.98 Å². The lowest BCUT2D eigenvalue weighted by Crippen LogP contribution is -1.88. The zero-order chi connectivity index (χ0) is 8.55. The van der Waals surface area contributed by atoms with Crippen molar-refractivity contribution in [1.82, 2.24) is 4.98 Å². The van der Waals surface area contributed by atoms with E-state index in [1.54, 1.807) is 11.3 Å². The molecule has 0 saturated heterocycles. The molecule has 0 saturated carbocycles. The first-order valence-corrected chi connectivity index (χ1v) is 7.21. The van der Waals surface area contributed by atoms with Gasteiger partial charge in [-0.25, -0.2) is 4.98 Å². The van der Waals surface area contributed by atoms with Gasteiger partial charge in [-0.2, -0.15) is 0 Å². The number of para-hydroxylation sites is 1. The van der Waals surface area contributed by atoms with Crippen LogP contribution in [0.5, 0.6) is 0 Å². The van der Waals surface area contributed by atoms with Crippen LogP contribution < -0.4 is 4.75 Å². The number of aromatic nitrogens is 1. The summed E-state index contributed by atoms with van der Waals surface area (Å²) in [7, 11) is 0. The van der Waals surface area contributed by atoms with Crippen molar-refractivity contribution in [2.45, 2.75) is 0 Å². The molecule has 0 fully saturated rings. The molecule has 2 rings (SSSR count). The van der Waals surface area contributed by atoms with Gasteiger partial charge in [0.05, 0.1) is 10.2 Å². The van der Waals surface area contributed by atoms with Crippen molar-refractivity contribution in [3.05, 3.63) is 24.3 Å². The molecular formula is C7H4Cl2NPS. The molecule has 0 aliphatic heterocycles. The lowest BCUT2D eigenvalue weighted by Gasteiger charge is -1.88. The number of rotatable bonds is 1. The Kier molecular flexibility index (Phi) is 2.52. The summed E-state index contributed by atoms with van der Waals surface area (Å²) in [4.78, 5) is 4.30. The molecule has 0 N–H and O–H groups in total. The van der Waals surface area contributed by atoms with Gasteiger partial charge in [-0.05, 0) is 12.1 Å². The lowest BCUT2D eigenvalue weighted by atomic mass is 10.3. The molecule has 62 valence electrons. The second kappa shape index (κ2) is 3.47. The number of thiazole rings is 1. The first kappa shape index (κ1) is 8.71. The van der Waals surface area contributed by atoms with E-state index in [0.29, 0.717) is 0 Å². The Morgan fingerprint density at radius 1 is 1.25 bits per heavy atom. The smallest absolute Gasteiger partial charge is 0.148 e. The minimum Gasteiger partial charge on any atom is -0.234 e. The van der Waals surface area contributed by atoms with E-state index in [4.69, 9.17) is 22.5 Å². The summed E-state index contributed by atoms with van der Waals surface area (Å²) in [6.07, 6.45) is 0. The average molecular weight is 236 g/mol. The van der Waals surface area contributed by atoms with Crippen molar-refractivity contribution in [2.75, 3.05) is 0 Å². The molecule has 12 heavy (non-hydrogen) atoms. The predicted octanol–water partition coefficient (Wildman–Crippen LogP) is 3.71. The number of fused-ring (bicyclic) bond motifs is 1. The highest BCUT2D eigenvalue weighted by Gasteiger charge is 2.09. The highest BCUT2D eigenvalue weighted by molar-refractivity contribution is 8.11. The fraction of sp³-hybridized carbons (Fsp3) is 0. The second-order valence-electron chi connectivity index (χ2n) is 2.20. The fourth-order valence-corrected chi connectivity index (χ4v) is 3.24. The van der Waals surface area contributed by atoms with Gasteiger partial charge >= 0.3 is 0 Å². The SMILES string of the molecule is ClP(Cl)c1nc2ccccc2s1. The van der Waals surface area contributed by atoms with Crippen LogP contribution in [0.3, 0.4) is 0 Å². The number of hydrogen-bond acceptors (Lipinski definition) is 2. The largest absolute Gasteiger partial charge is 0.234 e. The van der Waals surface area contributed by atoms with Crippen LogP contribution in [0, 0.1) is 0 Å². The van der Waals surface area contributed by atoms with Crippen molar-refractivity contribution >= 4 is 55.4 Å². The summed E-state index contributed by atoms with van der Waals surface area (Å²) in [5.41, 5.74) is 0.978. The predicted molar refractivity (Wildman–Crippen MR) is 57.9 cm³/mol. The normalized spacial score (nSPS) is 11.2. The van der Waals surface area contributed by atoms with E-state index in [1.165, 1.54) is 0 Å². The van der Waals surface area contributed by atoms with Crippen LogP contribution in [0.4, 0.5) is 0 Å². The minimum atomic E-state index is -1.09. The van der Waals surface area contributed by atoms with Gasteiger partial charge in [-0.1, -0.05) is 34.6 Å². The molecule has 0 atom stereocenters. The Balaban J connectivity index is 2.62. The zero-order valence-corrected chi connectivity index (χ0v) is 9.09. The van der Waals surface area contributed by atoms with E-state index in [2.05, 4.69) is 4.98 Å². The molecule has 1 aromatic heterocycles. The quantitative estimate of drug-likeness (QED) is 0.687. The summed E-state index contributed by atoms with van der Waals surface area (Å²) >= 11 is 13.1. The molecule has 2 aromatic rings. The van der Waals surface area contributed by atoms with Crippen molar-refractivity contribution in [3.8, 4) is 0 Å². The summed E-state index contributed by atoms with van der Waals surface area (Å²) in [6, 6.07) is 7.91. The van der Waals surface area contributed by atoms with Crippen molar-refractivity contribution in [2.24, 2.45) is 0 Å². The molecule has 0 spiro atoms. The van der Waals surface area contributed by atoms with E-state index in [0.717, 1.165) is 15.0 Å². The average Bonchev–Trinajstić information content (AvgIpc) is 2.46. The third-order valence-electron chi connectivity index (χ3n) is 1.43. The topological polar surface area (TPSA) is 12.9 Å². The molecule has 0 amide bonds. The zero-order valence-electron chi connectivity index (χ0n) is 5.87. The minimum absolute atomic E-state index is 0.828. The molecule has 5 heteroatoms. The number of hydrogen-bond donors (Lipinski definition) is 0. The maximum absolute atomic E-state index is 5.75. The molecule has 1 nitrogen and oxygen atoms in total. The van der Waals surface area contributed by atoms with Crippen LogP contribution in [0.15, 0.2) is 24.3 Å².